The molecule has 0 saturated carbocycles. The third-order valence-corrected chi connectivity index (χ3v) is 6.06. The van der Waals surface area contributed by atoms with Gasteiger partial charge in [0.1, 0.15) is 0 Å². The number of carbonyl (C=O) groups excluding carboxylic acids is 1. The van der Waals surface area contributed by atoms with Crippen LogP contribution in [0.4, 0.5) is 5.95 Å². The number of nitrogens with zero attached hydrogens (tertiary/aromatic N) is 4. The molecule has 8 nitrogen and oxygen atoms in total. The normalized spacial score (nSPS) is 16.3. The number of aliphatic hydroxyl groups is 1. The summed E-state index contributed by atoms with van der Waals surface area (Å²) in [5.41, 5.74) is 2.95. The predicted molar refractivity (Wildman–Crippen MR) is 107 cm³/mol. The largest absolute Gasteiger partial charge is 0.394 e. The molecule has 1 saturated heterocycles. The fraction of sp³-hybridized carbons (Fsp3) is 0.316. The van der Waals surface area contributed by atoms with Crippen molar-refractivity contribution in [2.45, 2.75) is 6.04 Å². The Balaban J connectivity index is 1.45. The highest BCUT2D eigenvalue weighted by atomic mass is 32.1. The van der Waals surface area contributed by atoms with Crippen molar-refractivity contribution >= 4 is 33.3 Å². The molecule has 0 aliphatic carbocycles. The highest BCUT2D eigenvalue weighted by Crippen LogP contribution is 2.33. The smallest absolute Gasteiger partial charge is 0.277 e. The quantitative estimate of drug-likeness (QED) is 0.443. The zero-order valence-corrected chi connectivity index (χ0v) is 16.0. The number of fused-ring (bicyclic) bond motifs is 1. The van der Waals surface area contributed by atoms with Crippen LogP contribution < -0.4 is 10.4 Å². The van der Waals surface area contributed by atoms with Gasteiger partial charge in [0.25, 0.3) is 5.91 Å². The van der Waals surface area contributed by atoms with Gasteiger partial charge in [0.05, 0.1) is 18.2 Å². The second-order valence-electron chi connectivity index (χ2n) is 6.62. The van der Waals surface area contributed by atoms with E-state index in [1.165, 1.54) is 28.0 Å². The summed E-state index contributed by atoms with van der Waals surface area (Å²) in [6.45, 7) is 3.08. The van der Waals surface area contributed by atoms with Crippen LogP contribution in [0.5, 0.6) is 0 Å². The summed E-state index contributed by atoms with van der Waals surface area (Å²) in [6.07, 6.45) is 2.79. The summed E-state index contributed by atoms with van der Waals surface area (Å²) in [4.78, 5) is 24.2. The maximum absolute atomic E-state index is 11.4. The van der Waals surface area contributed by atoms with Crippen molar-refractivity contribution in [1.82, 2.24) is 20.3 Å². The third kappa shape index (κ3) is 3.57. The summed E-state index contributed by atoms with van der Waals surface area (Å²) in [5.74, 6) is -0.0826. The monoisotopic (exact) mass is 399 g/mol. The number of carbonyl (C=O) groups is 1. The Bertz CT molecular complexity index is 954. The van der Waals surface area contributed by atoms with Crippen molar-refractivity contribution in [2.75, 3.05) is 37.7 Å². The molecule has 0 spiro atoms. The fourth-order valence-corrected chi connectivity index (χ4v) is 4.57. The van der Waals surface area contributed by atoms with Gasteiger partial charge in [-0.1, -0.05) is 18.2 Å². The number of thiophene rings is 1. The highest BCUT2D eigenvalue weighted by molar-refractivity contribution is 7.17. The van der Waals surface area contributed by atoms with E-state index in [1.807, 2.05) is 12.1 Å². The lowest BCUT2D eigenvalue weighted by atomic mass is 10.0. The molecule has 1 aliphatic rings. The van der Waals surface area contributed by atoms with Crippen LogP contribution in [-0.2, 0) is 0 Å². The van der Waals surface area contributed by atoms with Crippen LogP contribution in [0.15, 0.2) is 42.0 Å². The molecule has 0 bridgehead atoms. The molecule has 2 aromatic heterocycles. The van der Waals surface area contributed by atoms with Crippen LogP contribution in [0.1, 0.15) is 22.0 Å². The van der Waals surface area contributed by atoms with Gasteiger partial charge in [-0.15, -0.1) is 11.3 Å². The zero-order chi connectivity index (χ0) is 19.5. The van der Waals surface area contributed by atoms with Gasteiger partial charge in [-0.2, -0.15) is 0 Å². The van der Waals surface area contributed by atoms with Crippen LogP contribution >= 0.6 is 11.3 Å². The van der Waals surface area contributed by atoms with Crippen molar-refractivity contribution in [1.29, 1.82) is 0 Å². The Morgan fingerprint density at radius 2 is 1.89 bits per heavy atom. The van der Waals surface area contributed by atoms with E-state index in [1.54, 1.807) is 16.8 Å². The Kier molecular flexibility index (Phi) is 5.49. The topological polar surface area (TPSA) is 102 Å². The fourth-order valence-electron chi connectivity index (χ4n) is 3.57. The van der Waals surface area contributed by atoms with Crippen LogP contribution in [-0.4, -0.2) is 63.9 Å². The number of amides is 1. The SMILES string of the molecule is O=C(NO)c1cnc(N2CCN(C(CO)c3csc4ccccc34)CC2)nc1. The van der Waals surface area contributed by atoms with Crippen LogP contribution in [0.25, 0.3) is 10.1 Å². The molecule has 146 valence electrons. The Morgan fingerprint density at radius 1 is 1.18 bits per heavy atom. The van der Waals surface area contributed by atoms with Crippen molar-refractivity contribution < 1.29 is 15.1 Å². The molecule has 3 N–H and O–H groups in total. The van der Waals surface area contributed by atoms with E-state index >= 15 is 0 Å². The van der Waals surface area contributed by atoms with E-state index in [4.69, 9.17) is 5.21 Å². The molecule has 1 aromatic carbocycles. The molecule has 1 fully saturated rings. The minimum atomic E-state index is -0.634. The lowest BCUT2D eigenvalue weighted by Crippen LogP contribution is -2.48. The highest BCUT2D eigenvalue weighted by Gasteiger charge is 2.27. The maximum Gasteiger partial charge on any atom is 0.277 e. The summed E-state index contributed by atoms with van der Waals surface area (Å²) >= 11 is 1.71. The molecular weight excluding hydrogens is 378 g/mol. The summed E-state index contributed by atoms with van der Waals surface area (Å²) in [7, 11) is 0. The molecule has 9 heteroatoms. The first-order valence-corrected chi connectivity index (χ1v) is 9.91. The minimum Gasteiger partial charge on any atom is -0.394 e. The number of piperazine rings is 1. The lowest BCUT2D eigenvalue weighted by molar-refractivity contribution is 0.0705. The van der Waals surface area contributed by atoms with E-state index in [0.29, 0.717) is 5.95 Å². The van der Waals surface area contributed by atoms with Gasteiger partial charge in [-0.05, 0) is 22.4 Å². The van der Waals surface area contributed by atoms with Crippen LogP contribution in [0.3, 0.4) is 0 Å². The molecule has 3 heterocycles. The van der Waals surface area contributed by atoms with Gasteiger partial charge in [-0.25, -0.2) is 15.4 Å². The molecule has 0 radical (unpaired) electrons. The van der Waals surface area contributed by atoms with Gasteiger partial charge < -0.3 is 10.0 Å². The zero-order valence-electron chi connectivity index (χ0n) is 15.2. The van der Waals surface area contributed by atoms with Crippen LogP contribution in [0, 0.1) is 0 Å². The van der Waals surface area contributed by atoms with E-state index in [2.05, 4.69) is 37.3 Å². The summed E-state index contributed by atoms with van der Waals surface area (Å²) in [5, 5.41) is 22.1. The predicted octanol–water partition coefficient (Wildman–Crippen LogP) is 1.67. The first-order valence-electron chi connectivity index (χ1n) is 9.03. The van der Waals surface area contributed by atoms with Gasteiger partial charge in [0.15, 0.2) is 0 Å². The molecule has 1 amide bonds. The number of aliphatic hydroxyl groups excluding tert-OH is 1. The molecule has 4 rings (SSSR count). The van der Waals surface area contributed by atoms with Gasteiger partial charge >= 0.3 is 0 Å². The summed E-state index contributed by atoms with van der Waals surface area (Å²) < 4.78 is 1.23. The molecule has 28 heavy (non-hydrogen) atoms. The van der Waals surface area contributed by atoms with Crippen LogP contribution in [0.2, 0.25) is 0 Å². The average Bonchev–Trinajstić information content (AvgIpc) is 3.18. The van der Waals surface area contributed by atoms with Crippen molar-refractivity contribution in [3.63, 3.8) is 0 Å². The molecule has 3 aromatic rings. The first kappa shape index (κ1) is 18.8. The van der Waals surface area contributed by atoms with E-state index in [9.17, 15) is 9.90 Å². The van der Waals surface area contributed by atoms with E-state index < -0.39 is 5.91 Å². The van der Waals surface area contributed by atoms with Crippen molar-refractivity contribution in [3.05, 3.63) is 53.2 Å². The van der Waals surface area contributed by atoms with E-state index in [-0.39, 0.29) is 18.2 Å². The van der Waals surface area contributed by atoms with Crippen molar-refractivity contribution in [2.24, 2.45) is 0 Å². The number of benzene rings is 1. The van der Waals surface area contributed by atoms with Crippen molar-refractivity contribution in [3.8, 4) is 0 Å². The Hall–Kier alpha value is -2.59. The maximum atomic E-state index is 11.4. The number of nitrogens with one attached hydrogen (secondary N) is 1. The molecular formula is C19H21N5O3S. The standard InChI is InChI=1S/C19H21N5O3S/c25-11-16(15-12-28-17-4-2-1-3-14(15)17)23-5-7-24(8-6-23)19-20-9-13(10-21-19)18(26)22-27/h1-4,9-10,12,16,25,27H,5-8,11H2,(H,22,26). The Morgan fingerprint density at radius 3 is 2.57 bits per heavy atom. The summed E-state index contributed by atoms with van der Waals surface area (Å²) in [6, 6.07) is 8.24. The van der Waals surface area contributed by atoms with Gasteiger partial charge in [0.2, 0.25) is 5.95 Å². The van der Waals surface area contributed by atoms with Gasteiger partial charge in [-0.3, -0.25) is 14.9 Å². The number of hydrogen-bond donors (Lipinski definition) is 3. The molecule has 1 atom stereocenters. The second-order valence-corrected chi connectivity index (χ2v) is 7.53. The average molecular weight is 399 g/mol. The molecule has 1 aliphatic heterocycles. The lowest BCUT2D eigenvalue weighted by Gasteiger charge is -2.38. The third-order valence-electron chi connectivity index (χ3n) is 5.08. The number of anilines is 1. The van der Waals surface area contributed by atoms with Gasteiger partial charge in [0, 0.05) is 43.3 Å². The first-order chi connectivity index (χ1) is 13.7. The second kappa shape index (κ2) is 8.19. The number of hydroxylamine groups is 1. The number of aromatic nitrogens is 2. The number of hydrogen-bond acceptors (Lipinski definition) is 8. The number of rotatable bonds is 5. The molecule has 1 unspecified atom stereocenters. The minimum absolute atomic E-state index is 0.0326. The Labute approximate surface area is 166 Å². The van der Waals surface area contributed by atoms with E-state index in [0.717, 1.165) is 26.2 Å².